The van der Waals surface area contributed by atoms with Crippen molar-refractivity contribution < 1.29 is 9.90 Å². The van der Waals surface area contributed by atoms with Gasteiger partial charge in [-0.1, -0.05) is 12.5 Å². The molecule has 1 N–H and O–H groups in total. The van der Waals surface area contributed by atoms with E-state index in [0.29, 0.717) is 5.88 Å². The smallest absolute Gasteiger partial charge is 0.354 e. The van der Waals surface area contributed by atoms with Crippen molar-refractivity contribution in [2.75, 3.05) is 5.88 Å². The number of aryl methyl sites for hydroxylation is 1. The second-order valence-corrected chi connectivity index (χ2v) is 3.73. The van der Waals surface area contributed by atoms with Crippen molar-refractivity contribution in [1.82, 2.24) is 4.98 Å². The van der Waals surface area contributed by atoms with E-state index in [9.17, 15) is 4.79 Å². The number of pyridine rings is 1. The normalized spacial score (nSPS) is 10.2. The molecule has 4 heteroatoms. The molecule has 0 bridgehead atoms. The molecule has 0 aliphatic heterocycles. The molecule has 0 atom stereocenters. The van der Waals surface area contributed by atoms with Gasteiger partial charge in [0.05, 0.1) is 0 Å². The summed E-state index contributed by atoms with van der Waals surface area (Å²) in [5, 5.41) is 8.64. The molecule has 0 radical (unpaired) electrons. The van der Waals surface area contributed by atoms with Crippen molar-refractivity contribution in [3.8, 4) is 0 Å². The SMILES string of the molecule is O=C(O)c1ccc(CCCCCCl)cn1. The largest absolute Gasteiger partial charge is 0.477 e. The first-order valence-electron chi connectivity index (χ1n) is 4.98. The van der Waals surface area contributed by atoms with E-state index in [0.717, 1.165) is 31.2 Å². The Morgan fingerprint density at radius 2 is 2.13 bits per heavy atom. The lowest BCUT2D eigenvalue weighted by Crippen LogP contribution is -2.00. The van der Waals surface area contributed by atoms with E-state index < -0.39 is 5.97 Å². The molecule has 0 spiro atoms. The fourth-order valence-corrected chi connectivity index (χ4v) is 1.49. The van der Waals surface area contributed by atoms with Crippen molar-refractivity contribution in [3.63, 3.8) is 0 Å². The number of nitrogens with zero attached hydrogens (tertiary/aromatic N) is 1. The standard InChI is InChI=1S/C11H14ClNO2/c12-7-3-1-2-4-9-5-6-10(11(14)15)13-8-9/h5-6,8H,1-4,7H2,(H,14,15). The molecule has 1 aromatic rings. The zero-order chi connectivity index (χ0) is 11.1. The first-order valence-corrected chi connectivity index (χ1v) is 5.51. The molecule has 0 saturated heterocycles. The molecular weight excluding hydrogens is 214 g/mol. The Morgan fingerprint density at radius 3 is 2.67 bits per heavy atom. The van der Waals surface area contributed by atoms with Crippen LogP contribution in [0.1, 0.15) is 35.3 Å². The van der Waals surface area contributed by atoms with Crippen molar-refractivity contribution in [2.24, 2.45) is 0 Å². The van der Waals surface area contributed by atoms with Crippen molar-refractivity contribution in [3.05, 3.63) is 29.6 Å². The average molecular weight is 228 g/mol. The Labute approximate surface area is 94.1 Å². The average Bonchev–Trinajstić information content (AvgIpc) is 2.25. The molecule has 1 heterocycles. The van der Waals surface area contributed by atoms with Crippen LogP contribution in [0.5, 0.6) is 0 Å². The lowest BCUT2D eigenvalue weighted by molar-refractivity contribution is 0.0690. The summed E-state index contributed by atoms with van der Waals surface area (Å²) in [6.45, 7) is 0. The number of alkyl halides is 1. The monoisotopic (exact) mass is 227 g/mol. The quantitative estimate of drug-likeness (QED) is 0.601. The van der Waals surface area contributed by atoms with Crippen molar-refractivity contribution in [1.29, 1.82) is 0 Å². The molecule has 0 saturated carbocycles. The molecule has 15 heavy (non-hydrogen) atoms. The van der Waals surface area contributed by atoms with Crippen LogP contribution in [0, 0.1) is 0 Å². The highest BCUT2D eigenvalue weighted by Gasteiger charge is 2.02. The third-order valence-corrected chi connectivity index (χ3v) is 2.41. The van der Waals surface area contributed by atoms with Gasteiger partial charge in [-0.15, -0.1) is 11.6 Å². The maximum Gasteiger partial charge on any atom is 0.354 e. The Hall–Kier alpha value is -1.09. The maximum atomic E-state index is 10.5. The van der Waals surface area contributed by atoms with Crippen LogP contribution in [0.4, 0.5) is 0 Å². The Kier molecular flexibility index (Phi) is 5.12. The van der Waals surface area contributed by atoms with E-state index in [-0.39, 0.29) is 5.69 Å². The van der Waals surface area contributed by atoms with Gasteiger partial charge in [-0.3, -0.25) is 0 Å². The van der Waals surface area contributed by atoms with Gasteiger partial charge in [0, 0.05) is 12.1 Å². The van der Waals surface area contributed by atoms with Crippen LogP contribution in [0.3, 0.4) is 0 Å². The Balaban J connectivity index is 2.39. The number of unbranched alkanes of at least 4 members (excludes halogenated alkanes) is 2. The van der Waals surface area contributed by atoms with Crippen molar-refractivity contribution in [2.45, 2.75) is 25.7 Å². The second-order valence-electron chi connectivity index (χ2n) is 3.36. The van der Waals surface area contributed by atoms with E-state index in [1.165, 1.54) is 0 Å². The molecule has 1 rings (SSSR count). The minimum Gasteiger partial charge on any atom is -0.477 e. The summed E-state index contributed by atoms with van der Waals surface area (Å²) in [6, 6.07) is 3.36. The highest BCUT2D eigenvalue weighted by Crippen LogP contribution is 2.07. The van der Waals surface area contributed by atoms with E-state index in [1.807, 2.05) is 6.07 Å². The van der Waals surface area contributed by atoms with E-state index >= 15 is 0 Å². The molecule has 1 aromatic heterocycles. The van der Waals surface area contributed by atoms with Gasteiger partial charge in [0.2, 0.25) is 0 Å². The molecule has 0 aliphatic rings. The van der Waals surface area contributed by atoms with Crippen LogP contribution >= 0.6 is 11.6 Å². The highest BCUT2D eigenvalue weighted by atomic mass is 35.5. The van der Waals surface area contributed by atoms with E-state index in [2.05, 4.69) is 4.98 Å². The molecular formula is C11H14ClNO2. The first kappa shape index (κ1) is 12.0. The summed E-state index contributed by atoms with van der Waals surface area (Å²) in [5.74, 6) is -0.278. The minimum atomic E-state index is -0.983. The molecule has 0 aromatic carbocycles. The van der Waals surface area contributed by atoms with Crippen molar-refractivity contribution >= 4 is 17.6 Å². The topological polar surface area (TPSA) is 50.2 Å². The van der Waals surface area contributed by atoms with Gasteiger partial charge in [-0.05, 0) is 30.9 Å². The third-order valence-electron chi connectivity index (χ3n) is 2.14. The summed E-state index contributed by atoms with van der Waals surface area (Å²) >= 11 is 5.56. The van der Waals surface area contributed by atoms with Gasteiger partial charge in [0.1, 0.15) is 5.69 Å². The van der Waals surface area contributed by atoms with Gasteiger partial charge >= 0.3 is 5.97 Å². The predicted molar refractivity (Wildman–Crippen MR) is 59.5 cm³/mol. The summed E-state index contributed by atoms with van der Waals surface area (Å²) < 4.78 is 0. The zero-order valence-corrected chi connectivity index (χ0v) is 9.20. The number of aromatic nitrogens is 1. The minimum absolute atomic E-state index is 0.0968. The Morgan fingerprint density at radius 1 is 1.33 bits per heavy atom. The third kappa shape index (κ3) is 4.30. The molecule has 0 fully saturated rings. The summed E-state index contributed by atoms with van der Waals surface area (Å²) in [7, 11) is 0. The summed E-state index contributed by atoms with van der Waals surface area (Å²) in [4.78, 5) is 14.4. The van der Waals surface area contributed by atoms with Crippen LogP contribution in [0.15, 0.2) is 18.3 Å². The maximum absolute atomic E-state index is 10.5. The van der Waals surface area contributed by atoms with Crippen LogP contribution < -0.4 is 0 Å². The number of aromatic carboxylic acids is 1. The molecule has 0 aliphatic carbocycles. The van der Waals surface area contributed by atoms with Gasteiger partial charge < -0.3 is 5.11 Å². The van der Waals surface area contributed by atoms with E-state index in [1.54, 1.807) is 12.3 Å². The lowest BCUT2D eigenvalue weighted by Gasteiger charge is -2.00. The Bertz CT molecular complexity index is 311. The zero-order valence-electron chi connectivity index (χ0n) is 8.45. The number of carbonyl (C=O) groups is 1. The van der Waals surface area contributed by atoms with Gasteiger partial charge in [0.15, 0.2) is 0 Å². The molecule has 82 valence electrons. The number of halogens is 1. The van der Waals surface area contributed by atoms with Crippen LogP contribution in [-0.4, -0.2) is 21.9 Å². The second kappa shape index (κ2) is 6.40. The molecule has 3 nitrogen and oxygen atoms in total. The fraction of sp³-hybridized carbons (Fsp3) is 0.455. The molecule has 0 amide bonds. The number of carboxylic acid groups (broad SMARTS) is 1. The predicted octanol–water partition coefficient (Wildman–Crippen LogP) is 2.73. The van der Waals surface area contributed by atoms with Crippen LogP contribution in [0.25, 0.3) is 0 Å². The van der Waals surface area contributed by atoms with Gasteiger partial charge in [0.25, 0.3) is 0 Å². The number of carboxylic acids is 1. The summed E-state index contributed by atoms with van der Waals surface area (Å²) in [6.07, 6.45) is 5.77. The van der Waals surface area contributed by atoms with E-state index in [4.69, 9.17) is 16.7 Å². The molecule has 0 unspecified atom stereocenters. The number of hydrogen-bond acceptors (Lipinski definition) is 2. The highest BCUT2D eigenvalue weighted by molar-refractivity contribution is 6.17. The van der Waals surface area contributed by atoms with Crippen LogP contribution in [-0.2, 0) is 6.42 Å². The lowest BCUT2D eigenvalue weighted by atomic mass is 10.1. The number of hydrogen-bond donors (Lipinski definition) is 1. The summed E-state index contributed by atoms with van der Waals surface area (Å²) in [5.41, 5.74) is 1.18. The van der Waals surface area contributed by atoms with Gasteiger partial charge in [-0.2, -0.15) is 0 Å². The first-order chi connectivity index (χ1) is 7.24. The van der Waals surface area contributed by atoms with Gasteiger partial charge in [-0.25, -0.2) is 9.78 Å². The van der Waals surface area contributed by atoms with Crippen LogP contribution in [0.2, 0.25) is 0 Å². The fourth-order valence-electron chi connectivity index (χ4n) is 1.30. The number of rotatable bonds is 6.